The van der Waals surface area contributed by atoms with Gasteiger partial charge in [0.15, 0.2) is 0 Å². The summed E-state index contributed by atoms with van der Waals surface area (Å²) in [6.45, 7) is 5.48. The van der Waals surface area contributed by atoms with Crippen molar-refractivity contribution in [1.29, 1.82) is 0 Å². The first-order valence-corrected chi connectivity index (χ1v) is 7.96. The molecule has 0 amide bonds. The Labute approximate surface area is 142 Å². The Morgan fingerprint density at radius 2 is 1.71 bits per heavy atom. The second-order valence-electron chi connectivity index (χ2n) is 6.87. The number of benzene rings is 1. The van der Waals surface area contributed by atoms with E-state index >= 15 is 0 Å². The minimum atomic E-state index is -0.578. The van der Waals surface area contributed by atoms with Crippen LogP contribution in [-0.2, 0) is 19.1 Å². The number of esters is 2. The smallest absolute Gasteiger partial charge is 0.322 e. The van der Waals surface area contributed by atoms with E-state index in [1.54, 1.807) is 7.11 Å². The van der Waals surface area contributed by atoms with Crippen LogP contribution in [0.1, 0.15) is 38.8 Å². The van der Waals surface area contributed by atoms with Crippen molar-refractivity contribution in [2.75, 3.05) is 14.2 Å². The van der Waals surface area contributed by atoms with Crippen LogP contribution in [0.2, 0.25) is 0 Å². The zero-order valence-corrected chi connectivity index (χ0v) is 14.8. The molecule has 1 aliphatic heterocycles. The molecule has 0 aliphatic carbocycles. The molecule has 1 saturated heterocycles. The molecule has 0 unspecified atom stereocenters. The third kappa shape index (κ3) is 4.26. The quantitative estimate of drug-likeness (QED) is 0.851. The first kappa shape index (κ1) is 18.3. The van der Waals surface area contributed by atoms with Gasteiger partial charge in [0.05, 0.1) is 20.1 Å². The molecule has 1 aromatic rings. The summed E-state index contributed by atoms with van der Waals surface area (Å²) in [4.78, 5) is 24.5. The number of carbonyl (C=O) groups is 2. The van der Waals surface area contributed by atoms with Crippen molar-refractivity contribution in [3.63, 3.8) is 0 Å². The first-order chi connectivity index (χ1) is 11.2. The number of nitrogens with one attached hydrogen (secondary N) is 1. The Bertz CT molecular complexity index is 590. The summed E-state index contributed by atoms with van der Waals surface area (Å²) in [5.74, 6) is -0.418. The Balaban J connectivity index is 2.25. The molecule has 1 fully saturated rings. The fourth-order valence-electron chi connectivity index (χ4n) is 2.85. The molecule has 1 aromatic carbocycles. The molecule has 2 rings (SSSR count). The third-order valence-electron chi connectivity index (χ3n) is 3.94. The lowest BCUT2D eigenvalue weighted by Crippen LogP contribution is -2.33. The highest BCUT2D eigenvalue weighted by Gasteiger charge is 2.44. The average molecular weight is 335 g/mol. The van der Waals surface area contributed by atoms with E-state index in [-0.39, 0.29) is 18.0 Å². The van der Waals surface area contributed by atoms with Gasteiger partial charge in [0.2, 0.25) is 0 Å². The van der Waals surface area contributed by atoms with Gasteiger partial charge in [-0.15, -0.1) is 0 Å². The molecule has 1 N–H and O–H groups in total. The molecule has 0 bridgehead atoms. The van der Waals surface area contributed by atoms with E-state index < -0.39 is 17.6 Å². The summed E-state index contributed by atoms with van der Waals surface area (Å²) in [6, 6.07) is 6.58. The fourth-order valence-corrected chi connectivity index (χ4v) is 2.85. The maximum atomic E-state index is 12.6. The first-order valence-electron chi connectivity index (χ1n) is 7.96. The number of methoxy groups -OCH3 is 2. The highest BCUT2D eigenvalue weighted by molar-refractivity contribution is 5.80. The highest BCUT2D eigenvalue weighted by atomic mass is 16.6. The molecular weight excluding hydrogens is 310 g/mol. The predicted molar refractivity (Wildman–Crippen MR) is 88.6 cm³/mol. The number of rotatable bonds is 4. The summed E-state index contributed by atoms with van der Waals surface area (Å²) in [5, 5.41) is 3.20. The summed E-state index contributed by atoms with van der Waals surface area (Å²) in [6.07, 6.45) is 0.346. The molecule has 0 spiro atoms. The number of carbonyl (C=O) groups excluding carboxylic acids is 2. The van der Waals surface area contributed by atoms with Crippen molar-refractivity contribution in [3.8, 4) is 5.75 Å². The van der Waals surface area contributed by atoms with Gasteiger partial charge in [0, 0.05) is 6.04 Å². The second kappa shape index (κ2) is 7.21. The zero-order valence-electron chi connectivity index (χ0n) is 14.8. The van der Waals surface area contributed by atoms with Crippen LogP contribution >= 0.6 is 0 Å². The molecule has 0 radical (unpaired) electrons. The maximum absolute atomic E-state index is 12.6. The van der Waals surface area contributed by atoms with E-state index in [1.807, 2.05) is 45.0 Å². The highest BCUT2D eigenvalue weighted by Crippen LogP contribution is 2.35. The van der Waals surface area contributed by atoms with Crippen molar-refractivity contribution < 1.29 is 23.8 Å². The minimum absolute atomic E-state index is 0.310. The van der Waals surface area contributed by atoms with E-state index in [0.717, 1.165) is 11.3 Å². The molecule has 0 saturated carbocycles. The van der Waals surface area contributed by atoms with Crippen molar-refractivity contribution in [2.45, 2.75) is 44.9 Å². The van der Waals surface area contributed by atoms with Crippen LogP contribution in [0, 0.1) is 5.92 Å². The second-order valence-corrected chi connectivity index (χ2v) is 6.87. The third-order valence-corrected chi connectivity index (χ3v) is 3.94. The van der Waals surface area contributed by atoms with Gasteiger partial charge < -0.3 is 14.2 Å². The van der Waals surface area contributed by atoms with Crippen molar-refractivity contribution >= 4 is 11.9 Å². The molecule has 6 nitrogen and oxygen atoms in total. The molecule has 3 atom stereocenters. The maximum Gasteiger partial charge on any atom is 0.322 e. The largest absolute Gasteiger partial charge is 0.497 e. The van der Waals surface area contributed by atoms with E-state index in [4.69, 9.17) is 14.2 Å². The Morgan fingerprint density at radius 1 is 1.08 bits per heavy atom. The molecule has 1 heterocycles. The van der Waals surface area contributed by atoms with Crippen molar-refractivity contribution in [2.24, 2.45) is 5.92 Å². The van der Waals surface area contributed by atoms with Gasteiger partial charge >= 0.3 is 11.9 Å². The lowest BCUT2D eigenvalue weighted by Gasteiger charge is -2.25. The molecule has 132 valence electrons. The topological polar surface area (TPSA) is 73.9 Å². The number of ether oxygens (including phenoxy) is 3. The van der Waals surface area contributed by atoms with Crippen LogP contribution < -0.4 is 10.1 Å². The van der Waals surface area contributed by atoms with Crippen LogP contribution in [-0.4, -0.2) is 37.8 Å². The summed E-state index contributed by atoms with van der Waals surface area (Å²) < 4.78 is 15.5. The zero-order chi connectivity index (χ0) is 17.9. The van der Waals surface area contributed by atoms with Gasteiger partial charge in [-0.05, 0) is 44.9 Å². The normalized spacial score (nSPS) is 23.6. The van der Waals surface area contributed by atoms with Gasteiger partial charge in [-0.25, -0.2) is 0 Å². The van der Waals surface area contributed by atoms with Crippen LogP contribution in [0.15, 0.2) is 24.3 Å². The standard InChI is InChI=1S/C18H25NO5/c1-18(2,3)24-16(20)13-10-14(17(21)23-5)19-15(13)11-6-8-12(22-4)9-7-11/h6-9,13-15,19H,10H2,1-5H3/t13-,14+,15+/m0/s1. The van der Waals surface area contributed by atoms with Gasteiger partial charge in [-0.3, -0.25) is 14.9 Å². The fraction of sp³-hybridized carbons (Fsp3) is 0.556. The Morgan fingerprint density at radius 3 is 2.21 bits per heavy atom. The molecule has 1 aliphatic rings. The molecule has 24 heavy (non-hydrogen) atoms. The minimum Gasteiger partial charge on any atom is -0.497 e. The van der Waals surface area contributed by atoms with Gasteiger partial charge in [0.1, 0.15) is 17.4 Å². The monoisotopic (exact) mass is 335 g/mol. The van der Waals surface area contributed by atoms with E-state index in [9.17, 15) is 9.59 Å². The average Bonchev–Trinajstić information content (AvgIpc) is 2.98. The van der Waals surface area contributed by atoms with E-state index in [0.29, 0.717) is 6.42 Å². The number of hydrogen-bond donors (Lipinski definition) is 1. The van der Waals surface area contributed by atoms with Crippen LogP contribution in [0.5, 0.6) is 5.75 Å². The van der Waals surface area contributed by atoms with Gasteiger partial charge in [-0.2, -0.15) is 0 Å². The Kier molecular flexibility index (Phi) is 5.49. The molecular formula is C18H25NO5. The van der Waals surface area contributed by atoms with Crippen molar-refractivity contribution in [3.05, 3.63) is 29.8 Å². The lowest BCUT2D eigenvalue weighted by molar-refractivity contribution is -0.160. The van der Waals surface area contributed by atoms with Crippen LogP contribution in [0.25, 0.3) is 0 Å². The molecule has 0 aromatic heterocycles. The van der Waals surface area contributed by atoms with Crippen molar-refractivity contribution in [1.82, 2.24) is 5.32 Å². The summed E-state index contributed by atoms with van der Waals surface area (Å²) >= 11 is 0. The van der Waals surface area contributed by atoms with E-state index in [2.05, 4.69) is 5.32 Å². The van der Waals surface area contributed by atoms with Gasteiger partial charge in [-0.1, -0.05) is 12.1 Å². The van der Waals surface area contributed by atoms with Gasteiger partial charge in [0.25, 0.3) is 0 Å². The van der Waals surface area contributed by atoms with Crippen LogP contribution in [0.4, 0.5) is 0 Å². The summed E-state index contributed by atoms with van der Waals surface area (Å²) in [7, 11) is 2.94. The predicted octanol–water partition coefficient (Wildman–Crippen LogP) is 2.23. The Hall–Kier alpha value is -2.08. The molecule has 6 heteroatoms. The SMILES string of the molecule is COC(=O)[C@H]1C[C@H](C(=O)OC(C)(C)C)[C@@H](c2ccc(OC)cc2)N1. The van der Waals surface area contributed by atoms with E-state index in [1.165, 1.54) is 7.11 Å². The van der Waals surface area contributed by atoms with Crippen LogP contribution in [0.3, 0.4) is 0 Å². The number of hydrogen-bond acceptors (Lipinski definition) is 6. The lowest BCUT2D eigenvalue weighted by atomic mass is 9.93. The summed E-state index contributed by atoms with van der Waals surface area (Å²) in [5.41, 5.74) is 0.323.